The van der Waals surface area contributed by atoms with Crippen LogP contribution in [-0.2, 0) is 22.4 Å². The fraction of sp³-hybridized carbons (Fsp3) is 0.267. The summed E-state index contributed by atoms with van der Waals surface area (Å²) >= 11 is 0. The van der Waals surface area contributed by atoms with Crippen molar-refractivity contribution in [3.63, 3.8) is 0 Å². The Morgan fingerprint density at radius 3 is 2.71 bits per heavy atom. The number of rotatable bonds is 7. The summed E-state index contributed by atoms with van der Waals surface area (Å²) in [6, 6.07) is 8.22. The molecular weight excluding hydrogens is 268 g/mol. The Balaban J connectivity index is 1.88. The molecule has 21 heavy (non-hydrogen) atoms. The van der Waals surface area contributed by atoms with E-state index in [9.17, 15) is 9.59 Å². The largest absolute Gasteiger partial charge is 0.348 e. The highest BCUT2D eigenvalue weighted by Crippen LogP contribution is 2.03. The van der Waals surface area contributed by atoms with Crippen molar-refractivity contribution in [1.29, 1.82) is 0 Å². The Morgan fingerprint density at radius 1 is 1.33 bits per heavy atom. The first-order chi connectivity index (χ1) is 10.2. The van der Waals surface area contributed by atoms with E-state index in [4.69, 9.17) is 5.73 Å². The van der Waals surface area contributed by atoms with Crippen LogP contribution in [0.1, 0.15) is 11.3 Å². The molecule has 1 aromatic carbocycles. The third-order valence-electron chi connectivity index (χ3n) is 3.12. The van der Waals surface area contributed by atoms with E-state index in [1.54, 1.807) is 6.20 Å². The zero-order valence-corrected chi connectivity index (χ0v) is 11.5. The molecule has 0 bridgehead atoms. The monoisotopic (exact) mass is 286 g/mol. The molecule has 0 aliphatic rings. The molecule has 1 amide bonds. The second-order valence-electron chi connectivity index (χ2n) is 4.83. The number of aldehydes is 1. The number of carbonyl (C=O) groups excluding carboxylic acids is 2. The number of nitrogens with one attached hydrogen (secondary N) is 2. The molecule has 0 saturated carbocycles. The quantitative estimate of drug-likeness (QED) is 0.633. The Kier molecular flexibility index (Phi) is 5.22. The molecule has 1 heterocycles. The summed E-state index contributed by atoms with van der Waals surface area (Å²) in [7, 11) is 0. The van der Waals surface area contributed by atoms with Crippen LogP contribution < -0.4 is 11.1 Å². The van der Waals surface area contributed by atoms with Crippen molar-refractivity contribution < 1.29 is 9.59 Å². The van der Waals surface area contributed by atoms with Crippen molar-refractivity contribution in [2.75, 3.05) is 0 Å². The molecular formula is C15H18N4O2. The molecule has 6 heteroatoms. The summed E-state index contributed by atoms with van der Waals surface area (Å²) in [5.41, 5.74) is 7.64. The number of amides is 1. The average Bonchev–Trinajstić information content (AvgIpc) is 3.00. The van der Waals surface area contributed by atoms with Gasteiger partial charge in [-0.1, -0.05) is 30.3 Å². The van der Waals surface area contributed by atoms with Crippen molar-refractivity contribution in [1.82, 2.24) is 15.3 Å². The lowest BCUT2D eigenvalue weighted by Crippen LogP contribution is -2.47. The van der Waals surface area contributed by atoms with Crippen LogP contribution in [0.3, 0.4) is 0 Å². The van der Waals surface area contributed by atoms with Crippen LogP contribution >= 0.6 is 0 Å². The van der Waals surface area contributed by atoms with Crippen LogP contribution in [0.2, 0.25) is 0 Å². The topological polar surface area (TPSA) is 101 Å². The van der Waals surface area contributed by atoms with Gasteiger partial charge in [-0.05, 0) is 12.0 Å². The zero-order chi connectivity index (χ0) is 15.1. The van der Waals surface area contributed by atoms with Gasteiger partial charge in [0.2, 0.25) is 5.91 Å². The van der Waals surface area contributed by atoms with Gasteiger partial charge < -0.3 is 20.8 Å². The van der Waals surface area contributed by atoms with Crippen molar-refractivity contribution >= 4 is 12.2 Å². The van der Waals surface area contributed by atoms with Crippen molar-refractivity contribution in [2.45, 2.75) is 24.9 Å². The molecule has 0 fully saturated rings. The summed E-state index contributed by atoms with van der Waals surface area (Å²) in [4.78, 5) is 29.8. The minimum absolute atomic E-state index is 0.338. The van der Waals surface area contributed by atoms with Crippen LogP contribution in [0.15, 0.2) is 42.9 Å². The highest BCUT2D eigenvalue weighted by Gasteiger charge is 2.18. The maximum Gasteiger partial charge on any atom is 0.237 e. The molecule has 0 spiro atoms. The summed E-state index contributed by atoms with van der Waals surface area (Å²) in [5.74, 6) is -0.338. The number of H-pyrrole nitrogens is 1. The van der Waals surface area contributed by atoms with Crippen molar-refractivity contribution in [2.24, 2.45) is 5.73 Å². The second kappa shape index (κ2) is 7.35. The Hall–Kier alpha value is -2.47. The molecule has 6 nitrogen and oxygen atoms in total. The zero-order valence-electron chi connectivity index (χ0n) is 11.5. The number of nitrogens with two attached hydrogens (primary N) is 1. The third-order valence-corrected chi connectivity index (χ3v) is 3.12. The van der Waals surface area contributed by atoms with Gasteiger partial charge in [-0.2, -0.15) is 0 Å². The molecule has 0 aliphatic carbocycles. The maximum absolute atomic E-state index is 12.0. The molecule has 2 atom stereocenters. The number of nitrogens with zero attached hydrogens (tertiary/aromatic N) is 1. The molecule has 2 aromatic rings. The van der Waals surface area contributed by atoms with E-state index in [1.165, 1.54) is 6.33 Å². The number of imidazole rings is 1. The number of aromatic amines is 1. The normalized spacial score (nSPS) is 13.4. The van der Waals surface area contributed by atoms with Gasteiger partial charge in [0, 0.05) is 18.3 Å². The van der Waals surface area contributed by atoms with Gasteiger partial charge in [-0.25, -0.2) is 4.98 Å². The van der Waals surface area contributed by atoms with Gasteiger partial charge in [-0.3, -0.25) is 4.79 Å². The minimum atomic E-state index is -0.684. The van der Waals surface area contributed by atoms with Crippen molar-refractivity contribution in [3.8, 4) is 0 Å². The SMILES string of the molecule is NC(Cc1ccccc1)C(=O)NC(C=O)Cc1cnc[nH]1. The first-order valence-corrected chi connectivity index (χ1v) is 6.71. The highest BCUT2D eigenvalue weighted by atomic mass is 16.2. The van der Waals surface area contributed by atoms with Crippen molar-refractivity contribution in [3.05, 3.63) is 54.1 Å². The molecule has 0 aliphatic heterocycles. The lowest BCUT2D eigenvalue weighted by molar-refractivity contribution is -0.125. The minimum Gasteiger partial charge on any atom is -0.348 e. The van der Waals surface area contributed by atoms with E-state index in [1.807, 2.05) is 30.3 Å². The van der Waals surface area contributed by atoms with Gasteiger partial charge in [0.05, 0.1) is 18.4 Å². The van der Waals surface area contributed by atoms with E-state index >= 15 is 0 Å². The first-order valence-electron chi connectivity index (χ1n) is 6.71. The molecule has 4 N–H and O–H groups in total. The summed E-state index contributed by atoms with van der Waals surface area (Å²) in [6.45, 7) is 0. The first kappa shape index (κ1) is 14.9. The number of carbonyl (C=O) groups is 2. The van der Waals surface area contributed by atoms with Crippen LogP contribution in [0.5, 0.6) is 0 Å². The summed E-state index contributed by atoms with van der Waals surface area (Å²) < 4.78 is 0. The molecule has 110 valence electrons. The van der Waals surface area contributed by atoms with Crippen LogP contribution in [0, 0.1) is 0 Å². The average molecular weight is 286 g/mol. The van der Waals surface area contributed by atoms with E-state index < -0.39 is 12.1 Å². The Morgan fingerprint density at radius 2 is 2.10 bits per heavy atom. The van der Waals surface area contributed by atoms with Crippen LogP contribution in [-0.4, -0.2) is 34.2 Å². The molecule has 1 aromatic heterocycles. The Labute approximate surface area is 122 Å². The van der Waals surface area contributed by atoms with Gasteiger partial charge in [-0.15, -0.1) is 0 Å². The lowest BCUT2D eigenvalue weighted by Gasteiger charge is -2.16. The molecule has 0 radical (unpaired) electrons. The lowest BCUT2D eigenvalue weighted by atomic mass is 10.1. The van der Waals surface area contributed by atoms with Crippen LogP contribution in [0.25, 0.3) is 0 Å². The van der Waals surface area contributed by atoms with Gasteiger partial charge in [0.25, 0.3) is 0 Å². The van der Waals surface area contributed by atoms with Gasteiger partial charge in [0.1, 0.15) is 6.29 Å². The third kappa shape index (κ3) is 4.54. The fourth-order valence-electron chi connectivity index (χ4n) is 2.02. The Bertz CT molecular complexity index is 569. The molecule has 2 rings (SSSR count). The summed E-state index contributed by atoms with van der Waals surface area (Å²) in [6.07, 6.45) is 4.65. The molecule has 0 saturated heterocycles. The van der Waals surface area contributed by atoms with E-state index in [2.05, 4.69) is 15.3 Å². The van der Waals surface area contributed by atoms with E-state index in [0.717, 1.165) is 11.3 Å². The highest BCUT2D eigenvalue weighted by molar-refractivity contribution is 5.84. The van der Waals surface area contributed by atoms with E-state index in [-0.39, 0.29) is 5.91 Å². The number of benzene rings is 1. The molecule has 2 unspecified atom stereocenters. The fourth-order valence-corrected chi connectivity index (χ4v) is 2.02. The predicted molar refractivity (Wildman–Crippen MR) is 78.4 cm³/mol. The smallest absolute Gasteiger partial charge is 0.237 e. The number of aromatic nitrogens is 2. The van der Waals surface area contributed by atoms with Crippen LogP contribution in [0.4, 0.5) is 0 Å². The number of hydrogen-bond acceptors (Lipinski definition) is 4. The van der Waals surface area contributed by atoms with Gasteiger partial charge >= 0.3 is 0 Å². The number of hydrogen-bond donors (Lipinski definition) is 3. The second-order valence-corrected chi connectivity index (χ2v) is 4.83. The summed E-state index contributed by atoms with van der Waals surface area (Å²) in [5, 5.41) is 2.65. The predicted octanol–water partition coefficient (Wildman–Crippen LogP) is 0.206. The van der Waals surface area contributed by atoms with Gasteiger partial charge in [0.15, 0.2) is 0 Å². The van der Waals surface area contributed by atoms with E-state index in [0.29, 0.717) is 19.1 Å². The standard InChI is InChI=1S/C15H18N4O2/c16-14(6-11-4-2-1-3-5-11)15(21)19-13(9-20)7-12-8-17-10-18-12/h1-5,8-10,13-14H,6-7,16H2,(H,17,18)(H,19,21). The maximum atomic E-state index is 12.0.